The minimum Gasteiger partial charge on any atom is -0.350 e. The van der Waals surface area contributed by atoms with Crippen LogP contribution in [0.25, 0.3) is 0 Å². The summed E-state index contributed by atoms with van der Waals surface area (Å²) < 4.78 is 0. The van der Waals surface area contributed by atoms with Gasteiger partial charge in [0.1, 0.15) is 6.04 Å². The van der Waals surface area contributed by atoms with E-state index < -0.39 is 0 Å². The number of hydrogen-bond donors (Lipinski definition) is 3. The molecule has 0 saturated carbocycles. The lowest BCUT2D eigenvalue weighted by atomic mass is 10.1. The zero-order valence-corrected chi connectivity index (χ0v) is 10.6. The highest BCUT2D eigenvalue weighted by Gasteiger charge is 2.27. The van der Waals surface area contributed by atoms with Crippen LogP contribution < -0.4 is 10.6 Å². The Balaban J connectivity index is 1.67. The van der Waals surface area contributed by atoms with Crippen molar-refractivity contribution in [1.29, 1.82) is 0 Å². The zero-order chi connectivity index (χ0) is 12.4. The molecule has 3 heterocycles. The van der Waals surface area contributed by atoms with E-state index in [2.05, 4.69) is 20.6 Å². The topological polar surface area (TPSA) is 69.8 Å². The third kappa shape index (κ3) is 2.16. The number of fused-ring (bicyclic) bond motifs is 1. The molecule has 0 bridgehead atoms. The highest BCUT2D eigenvalue weighted by atomic mass is 32.1. The molecule has 18 heavy (non-hydrogen) atoms. The lowest BCUT2D eigenvalue weighted by Crippen LogP contribution is -2.41. The fourth-order valence-electron chi connectivity index (χ4n) is 2.12. The molecule has 0 radical (unpaired) electrons. The van der Waals surface area contributed by atoms with Crippen LogP contribution in [0, 0.1) is 0 Å². The van der Waals surface area contributed by atoms with Gasteiger partial charge in [0.2, 0.25) is 5.91 Å². The molecule has 0 fully saturated rings. The second-order valence-corrected chi connectivity index (χ2v) is 5.03. The molecule has 6 heteroatoms. The Morgan fingerprint density at radius 1 is 1.61 bits per heavy atom. The van der Waals surface area contributed by atoms with Crippen molar-refractivity contribution in [3.05, 3.63) is 40.1 Å². The average molecular weight is 262 g/mol. The van der Waals surface area contributed by atoms with Crippen molar-refractivity contribution >= 4 is 17.2 Å². The van der Waals surface area contributed by atoms with E-state index in [1.807, 2.05) is 16.8 Å². The van der Waals surface area contributed by atoms with Crippen molar-refractivity contribution in [2.75, 3.05) is 6.54 Å². The number of amides is 1. The zero-order valence-electron chi connectivity index (χ0n) is 9.77. The minimum atomic E-state index is -0.335. The molecule has 0 unspecified atom stereocenters. The number of rotatable bonds is 3. The number of aromatic nitrogens is 2. The van der Waals surface area contributed by atoms with Crippen LogP contribution in [-0.4, -0.2) is 22.4 Å². The van der Waals surface area contributed by atoms with E-state index in [0.29, 0.717) is 6.54 Å². The summed E-state index contributed by atoms with van der Waals surface area (Å²) in [6.07, 6.45) is 2.54. The summed E-state index contributed by atoms with van der Waals surface area (Å²) in [4.78, 5) is 19.4. The first-order chi connectivity index (χ1) is 8.84. The Labute approximate surface area is 109 Å². The van der Waals surface area contributed by atoms with Gasteiger partial charge in [-0.1, -0.05) is 0 Å². The van der Waals surface area contributed by atoms with Crippen molar-refractivity contribution in [3.63, 3.8) is 0 Å². The maximum atomic E-state index is 12.1. The predicted octanol–water partition coefficient (Wildman–Crippen LogP) is 0.974. The van der Waals surface area contributed by atoms with Gasteiger partial charge in [0.05, 0.1) is 12.0 Å². The first-order valence-corrected chi connectivity index (χ1v) is 6.83. The third-order valence-electron chi connectivity index (χ3n) is 3.06. The summed E-state index contributed by atoms with van der Waals surface area (Å²) in [5.41, 5.74) is 3.01. The van der Waals surface area contributed by atoms with Gasteiger partial charge in [0, 0.05) is 25.2 Å². The van der Waals surface area contributed by atoms with Gasteiger partial charge in [-0.05, 0) is 22.4 Å². The largest absolute Gasteiger partial charge is 0.350 e. The first-order valence-electron chi connectivity index (χ1n) is 5.89. The van der Waals surface area contributed by atoms with Crippen LogP contribution in [0.1, 0.15) is 23.0 Å². The normalized spacial score (nSPS) is 18.3. The van der Waals surface area contributed by atoms with Gasteiger partial charge in [0.15, 0.2) is 0 Å². The summed E-state index contributed by atoms with van der Waals surface area (Å²) >= 11 is 1.63. The summed E-state index contributed by atoms with van der Waals surface area (Å²) in [7, 11) is 0. The quantitative estimate of drug-likeness (QED) is 0.772. The summed E-state index contributed by atoms with van der Waals surface area (Å²) in [5, 5.41) is 10.2. The molecule has 94 valence electrons. The SMILES string of the molecule is O=C(NCc1ccsc1)[C@H]1NCCc2[nH]cnc21. The van der Waals surface area contributed by atoms with Gasteiger partial charge in [-0.2, -0.15) is 11.3 Å². The molecule has 0 saturated heterocycles. The molecule has 1 amide bonds. The summed E-state index contributed by atoms with van der Waals surface area (Å²) in [6, 6.07) is 1.68. The molecular weight excluding hydrogens is 248 g/mol. The lowest BCUT2D eigenvalue weighted by molar-refractivity contribution is -0.123. The molecule has 1 aliphatic rings. The monoisotopic (exact) mass is 262 g/mol. The molecule has 3 N–H and O–H groups in total. The van der Waals surface area contributed by atoms with Crippen LogP contribution in [0.4, 0.5) is 0 Å². The number of imidazole rings is 1. The Kier molecular flexibility index (Phi) is 3.12. The fourth-order valence-corrected chi connectivity index (χ4v) is 2.79. The highest BCUT2D eigenvalue weighted by Crippen LogP contribution is 2.19. The van der Waals surface area contributed by atoms with E-state index in [0.717, 1.165) is 29.9 Å². The van der Waals surface area contributed by atoms with E-state index >= 15 is 0 Å². The maximum Gasteiger partial charge on any atom is 0.243 e. The van der Waals surface area contributed by atoms with E-state index in [4.69, 9.17) is 0 Å². The van der Waals surface area contributed by atoms with Crippen molar-refractivity contribution < 1.29 is 4.79 Å². The van der Waals surface area contributed by atoms with Gasteiger partial charge in [-0.15, -0.1) is 0 Å². The van der Waals surface area contributed by atoms with Crippen LogP contribution in [0.2, 0.25) is 0 Å². The Morgan fingerprint density at radius 3 is 3.39 bits per heavy atom. The van der Waals surface area contributed by atoms with Crippen molar-refractivity contribution in [2.24, 2.45) is 0 Å². The number of nitrogens with zero attached hydrogens (tertiary/aromatic N) is 1. The molecule has 0 spiro atoms. The van der Waals surface area contributed by atoms with Gasteiger partial charge < -0.3 is 15.6 Å². The molecule has 2 aromatic heterocycles. The molecule has 5 nitrogen and oxygen atoms in total. The fraction of sp³-hybridized carbons (Fsp3) is 0.333. The Hall–Kier alpha value is -1.66. The molecule has 2 aromatic rings. The van der Waals surface area contributed by atoms with Gasteiger partial charge >= 0.3 is 0 Å². The predicted molar refractivity (Wildman–Crippen MR) is 69.2 cm³/mol. The van der Waals surface area contributed by atoms with E-state index in [1.165, 1.54) is 0 Å². The molecule has 0 aromatic carbocycles. The van der Waals surface area contributed by atoms with Crippen LogP contribution in [0.3, 0.4) is 0 Å². The van der Waals surface area contributed by atoms with Crippen molar-refractivity contribution in [1.82, 2.24) is 20.6 Å². The second kappa shape index (κ2) is 4.91. The van der Waals surface area contributed by atoms with Gasteiger partial charge in [-0.3, -0.25) is 4.79 Å². The van der Waals surface area contributed by atoms with E-state index in [-0.39, 0.29) is 11.9 Å². The molecule has 1 aliphatic heterocycles. The van der Waals surface area contributed by atoms with Crippen LogP contribution in [0.5, 0.6) is 0 Å². The summed E-state index contributed by atoms with van der Waals surface area (Å²) in [5.74, 6) is -0.0192. The molecular formula is C12H14N4OS. The number of aromatic amines is 1. The maximum absolute atomic E-state index is 12.1. The number of carbonyl (C=O) groups is 1. The van der Waals surface area contributed by atoms with Crippen LogP contribution in [0.15, 0.2) is 23.2 Å². The number of H-pyrrole nitrogens is 1. The number of hydrogen-bond acceptors (Lipinski definition) is 4. The van der Waals surface area contributed by atoms with Crippen molar-refractivity contribution in [3.8, 4) is 0 Å². The number of carbonyl (C=O) groups excluding carboxylic acids is 1. The number of nitrogens with one attached hydrogen (secondary N) is 3. The van der Waals surface area contributed by atoms with Crippen LogP contribution in [-0.2, 0) is 17.8 Å². The molecule has 3 rings (SSSR count). The smallest absolute Gasteiger partial charge is 0.243 e. The van der Waals surface area contributed by atoms with E-state index in [9.17, 15) is 4.79 Å². The van der Waals surface area contributed by atoms with Crippen LogP contribution >= 0.6 is 11.3 Å². The molecule has 1 atom stereocenters. The third-order valence-corrected chi connectivity index (χ3v) is 3.79. The highest BCUT2D eigenvalue weighted by molar-refractivity contribution is 7.07. The number of thiophene rings is 1. The average Bonchev–Trinajstić information content (AvgIpc) is 3.05. The van der Waals surface area contributed by atoms with Gasteiger partial charge in [-0.25, -0.2) is 4.98 Å². The standard InChI is InChI=1S/C12H14N4OS/c17-12(14-5-8-2-4-18-6-8)11-10-9(1-3-13-11)15-7-16-10/h2,4,6-7,11,13H,1,3,5H2,(H,14,17)(H,15,16)/t11-/m0/s1. The van der Waals surface area contributed by atoms with Gasteiger partial charge in [0.25, 0.3) is 0 Å². The van der Waals surface area contributed by atoms with E-state index in [1.54, 1.807) is 17.7 Å². The second-order valence-electron chi connectivity index (χ2n) is 4.25. The Bertz CT molecular complexity index is 534. The Morgan fingerprint density at radius 2 is 2.56 bits per heavy atom. The minimum absolute atomic E-state index is 0.0192. The molecule has 0 aliphatic carbocycles. The first kappa shape index (κ1) is 11.4. The van der Waals surface area contributed by atoms with Crippen molar-refractivity contribution in [2.45, 2.75) is 19.0 Å². The lowest BCUT2D eigenvalue weighted by Gasteiger charge is -2.22. The summed E-state index contributed by atoms with van der Waals surface area (Å²) in [6.45, 7) is 1.37.